The molecule has 0 aliphatic rings. The predicted octanol–water partition coefficient (Wildman–Crippen LogP) is 6.70. The molecule has 144 valence electrons. The maximum Gasteiger partial charge on any atom is 0.109 e. The maximum atomic E-state index is 13.9. The first kappa shape index (κ1) is 21.4. The van der Waals surface area contributed by atoms with Gasteiger partial charge in [-0.05, 0) is 39.9 Å². The molecule has 1 nitrogen and oxygen atoms in total. The SMILES string of the molecule is CN(Cc1cccc2ccccc12)[C@@H](CF)c1ccc(C(C)(C)C)cc1.Cl. The van der Waals surface area contributed by atoms with Gasteiger partial charge in [0.25, 0.3) is 0 Å². The minimum Gasteiger partial charge on any atom is -0.293 e. The zero-order valence-corrected chi connectivity index (χ0v) is 17.4. The molecular weight excluding hydrogens is 357 g/mol. The lowest BCUT2D eigenvalue weighted by atomic mass is 9.86. The summed E-state index contributed by atoms with van der Waals surface area (Å²) < 4.78 is 13.9. The van der Waals surface area contributed by atoms with Crippen LogP contribution in [0.1, 0.15) is 43.5 Å². The number of hydrogen-bond donors (Lipinski definition) is 0. The summed E-state index contributed by atoms with van der Waals surface area (Å²) in [6, 6.07) is 22.9. The van der Waals surface area contributed by atoms with Crippen LogP contribution in [-0.4, -0.2) is 18.6 Å². The van der Waals surface area contributed by atoms with E-state index in [1.54, 1.807) is 0 Å². The van der Waals surface area contributed by atoms with Gasteiger partial charge in [0.05, 0.1) is 6.04 Å². The molecule has 0 aliphatic heterocycles. The van der Waals surface area contributed by atoms with E-state index in [9.17, 15) is 4.39 Å². The smallest absolute Gasteiger partial charge is 0.109 e. The predicted molar refractivity (Wildman–Crippen MR) is 117 cm³/mol. The summed E-state index contributed by atoms with van der Waals surface area (Å²) in [5, 5.41) is 2.47. The normalized spacial score (nSPS) is 12.8. The number of rotatable bonds is 5. The maximum absolute atomic E-state index is 13.9. The van der Waals surface area contributed by atoms with E-state index in [1.807, 2.05) is 7.05 Å². The largest absolute Gasteiger partial charge is 0.293 e. The van der Waals surface area contributed by atoms with Crippen LogP contribution in [0.3, 0.4) is 0 Å². The molecule has 0 bridgehead atoms. The Morgan fingerprint density at radius 2 is 1.52 bits per heavy atom. The van der Waals surface area contributed by atoms with Crippen LogP contribution in [0, 0.1) is 0 Å². The second-order valence-electron chi connectivity index (χ2n) is 8.10. The van der Waals surface area contributed by atoms with Crippen LogP contribution in [0.5, 0.6) is 0 Å². The Morgan fingerprint density at radius 3 is 2.15 bits per heavy atom. The van der Waals surface area contributed by atoms with Gasteiger partial charge in [0.1, 0.15) is 6.67 Å². The molecule has 0 radical (unpaired) electrons. The van der Waals surface area contributed by atoms with Gasteiger partial charge >= 0.3 is 0 Å². The summed E-state index contributed by atoms with van der Waals surface area (Å²) in [7, 11) is 2.00. The highest BCUT2D eigenvalue weighted by molar-refractivity contribution is 5.86. The topological polar surface area (TPSA) is 3.24 Å². The van der Waals surface area contributed by atoms with E-state index in [2.05, 4.69) is 92.4 Å². The summed E-state index contributed by atoms with van der Waals surface area (Å²) in [6.07, 6.45) is 0. The minimum absolute atomic E-state index is 0. The number of benzene rings is 3. The average molecular weight is 386 g/mol. The van der Waals surface area contributed by atoms with E-state index in [4.69, 9.17) is 0 Å². The number of halogens is 2. The lowest BCUT2D eigenvalue weighted by Crippen LogP contribution is -2.26. The summed E-state index contributed by atoms with van der Waals surface area (Å²) in [5.74, 6) is 0. The van der Waals surface area contributed by atoms with Crippen LogP contribution >= 0.6 is 12.4 Å². The first-order valence-corrected chi connectivity index (χ1v) is 9.23. The van der Waals surface area contributed by atoms with Crippen molar-refractivity contribution in [2.45, 2.75) is 38.8 Å². The van der Waals surface area contributed by atoms with Crippen molar-refractivity contribution in [3.05, 3.63) is 83.4 Å². The molecule has 1 atom stereocenters. The molecule has 0 saturated carbocycles. The molecule has 27 heavy (non-hydrogen) atoms. The fraction of sp³-hybridized carbons (Fsp3) is 0.333. The Labute approximate surface area is 168 Å². The zero-order chi connectivity index (χ0) is 18.7. The van der Waals surface area contributed by atoms with E-state index in [1.165, 1.54) is 21.9 Å². The van der Waals surface area contributed by atoms with Gasteiger partial charge < -0.3 is 0 Å². The number of nitrogens with zero attached hydrogens (tertiary/aromatic N) is 1. The van der Waals surface area contributed by atoms with E-state index in [0.29, 0.717) is 0 Å². The molecule has 0 spiro atoms. The van der Waals surface area contributed by atoms with Crippen LogP contribution < -0.4 is 0 Å². The number of hydrogen-bond acceptors (Lipinski definition) is 1. The molecular formula is C24H29ClFN. The van der Waals surface area contributed by atoms with Gasteiger partial charge in [-0.1, -0.05) is 87.5 Å². The Bertz CT molecular complexity index is 862. The molecule has 3 aromatic carbocycles. The molecule has 0 fully saturated rings. The minimum atomic E-state index is -0.393. The Kier molecular flexibility index (Phi) is 7.02. The van der Waals surface area contributed by atoms with Crippen LogP contribution in [0.25, 0.3) is 10.8 Å². The van der Waals surface area contributed by atoms with Crippen molar-refractivity contribution in [3.8, 4) is 0 Å². The van der Waals surface area contributed by atoms with Crippen molar-refractivity contribution in [1.82, 2.24) is 4.90 Å². The quantitative estimate of drug-likeness (QED) is 0.472. The summed E-state index contributed by atoms with van der Waals surface area (Å²) in [5.41, 5.74) is 3.65. The zero-order valence-electron chi connectivity index (χ0n) is 16.6. The van der Waals surface area contributed by atoms with Gasteiger partial charge in [-0.15, -0.1) is 12.4 Å². The lowest BCUT2D eigenvalue weighted by Gasteiger charge is -2.27. The van der Waals surface area contributed by atoms with Crippen LogP contribution in [-0.2, 0) is 12.0 Å². The molecule has 0 saturated heterocycles. The van der Waals surface area contributed by atoms with Crippen molar-refractivity contribution in [2.24, 2.45) is 0 Å². The van der Waals surface area contributed by atoms with E-state index < -0.39 is 6.67 Å². The fourth-order valence-corrected chi connectivity index (χ4v) is 3.48. The van der Waals surface area contributed by atoms with Crippen LogP contribution in [0.4, 0.5) is 4.39 Å². The van der Waals surface area contributed by atoms with Gasteiger partial charge in [0.2, 0.25) is 0 Å². The molecule has 0 aliphatic carbocycles. The van der Waals surface area contributed by atoms with Gasteiger partial charge in [0, 0.05) is 6.54 Å². The molecule has 0 unspecified atom stereocenters. The molecule has 0 N–H and O–H groups in total. The van der Waals surface area contributed by atoms with Crippen molar-refractivity contribution in [1.29, 1.82) is 0 Å². The number of alkyl halides is 1. The molecule has 3 aromatic rings. The first-order valence-electron chi connectivity index (χ1n) is 9.23. The summed E-state index contributed by atoms with van der Waals surface area (Å²) >= 11 is 0. The molecule has 0 amide bonds. The monoisotopic (exact) mass is 385 g/mol. The third-order valence-corrected chi connectivity index (χ3v) is 5.14. The van der Waals surface area contributed by atoms with Crippen LogP contribution in [0.15, 0.2) is 66.7 Å². The third-order valence-electron chi connectivity index (χ3n) is 5.14. The second-order valence-corrected chi connectivity index (χ2v) is 8.10. The van der Waals surface area contributed by atoms with Crippen molar-refractivity contribution in [3.63, 3.8) is 0 Å². The second kappa shape index (κ2) is 8.86. The highest BCUT2D eigenvalue weighted by Crippen LogP contribution is 2.28. The fourth-order valence-electron chi connectivity index (χ4n) is 3.48. The molecule has 3 rings (SSSR count). The van der Waals surface area contributed by atoms with Crippen molar-refractivity contribution >= 4 is 23.2 Å². The molecule has 3 heteroatoms. The van der Waals surface area contributed by atoms with Gasteiger partial charge in [-0.2, -0.15) is 0 Å². The Hall–Kier alpha value is -1.90. The average Bonchev–Trinajstić information content (AvgIpc) is 2.62. The Balaban J connectivity index is 0.00000261. The Morgan fingerprint density at radius 1 is 0.889 bits per heavy atom. The van der Waals surface area contributed by atoms with E-state index in [0.717, 1.165) is 12.1 Å². The summed E-state index contributed by atoms with van der Waals surface area (Å²) in [6.45, 7) is 6.91. The van der Waals surface area contributed by atoms with Crippen LogP contribution in [0.2, 0.25) is 0 Å². The molecule has 0 aromatic heterocycles. The molecule has 0 heterocycles. The van der Waals surface area contributed by atoms with Crippen molar-refractivity contribution < 1.29 is 4.39 Å². The highest BCUT2D eigenvalue weighted by atomic mass is 35.5. The van der Waals surface area contributed by atoms with Crippen molar-refractivity contribution in [2.75, 3.05) is 13.7 Å². The highest BCUT2D eigenvalue weighted by Gasteiger charge is 2.19. The van der Waals surface area contributed by atoms with Gasteiger partial charge in [-0.25, -0.2) is 4.39 Å². The van der Waals surface area contributed by atoms with Gasteiger partial charge in [0.15, 0.2) is 0 Å². The lowest BCUT2D eigenvalue weighted by molar-refractivity contribution is 0.196. The van der Waals surface area contributed by atoms with Gasteiger partial charge in [-0.3, -0.25) is 4.90 Å². The number of fused-ring (bicyclic) bond motifs is 1. The third kappa shape index (κ3) is 4.88. The van der Waals surface area contributed by atoms with E-state index in [-0.39, 0.29) is 23.9 Å². The standard InChI is InChI=1S/C24H28FN.ClH/c1-24(2,3)21-14-12-19(13-15-21)23(16-25)26(4)17-20-10-7-9-18-8-5-6-11-22(18)20;/h5-15,23H,16-17H2,1-4H3;1H/t23-;/m0./s1. The van der Waals surface area contributed by atoms with E-state index >= 15 is 0 Å². The first-order chi connectivity index (χ1) is 12.4. The summed E-state index contributed by atoms with van der Waals surface area (Å²) in [4.78, 5) is 2.11.